The number of anilines is 2. The number of hydrogen-bond acceptors (Lipinski definition) is 6. The van der Waals surface area contributed by atoms with Gasteiger partial charge in [0.15, 0.2) is 6.04 Å². The SMILES string of the molecule is C/C=C\c1c(C)sc(/C=C/C=C2\CCCC(/C=C/C=C3\Sc4ccccc4N3C(C)CCC)=C2n2ccc(N)nc2=O)[n+]1C(C)CCC. The molecule has 5 rings (SSSR count). The van der Waals surface area contributed by atoms with Crippen molar-refractivity contribution in [3.8, 4) is 0 Å². The van der Waals surface area contributed by atoms with Crippen LogP contribution in [-0.2, 0) is 0 Å². The second-order valence-electron chi connectivity index (χ2n) is 12.6. The molecule has 0 saturated carbocycles. The molecule has 2 atom stereocenters. The molecule has 0 fully saturated rings. The zero-order chi connectivity index (χ0) is 34.2. The summed E-state index contributed by atoms with van der Waals surface area (Å²) in [6, 6.07) is 11.2. The highest BCUT2D eigenvalue weighted by Gasteiger charge is 2.28. The molecule has 2 N–H and O–H groups in total. The Labute approximate surface area is 294 Å². The number of allylic oxidation sites excluding steroid dienone is 9. The molecule has 3 aromatic rings. The minimum atomic E-state index is -0.358. The van der Waals surface area contributed by atoms with Crippen molar-refractivity contribution in [3.05, 3.63) is 115 Å². The van der Waals surface area contributed by atoms with Crippen molar-refractivity contribution in [3.63, 3.8) is 0 Å². The highest BCUT2D eigenvalue weighted by atomic mass is 32.2. The van der Waals surface area contributed by atoms with Crippen LogP contribution < -0.4 is 20.9 Å². The Morgan fingerprint density at radius 2 is 1.79 bits per heavy atom. The van der Waals surface area contributed by atoms with E-state index in [9.17, 15) is 4.79 Å². The molecule has 2 unspecified atom stereocenters. The quantitative estimate of drug-likeness (QED) is 0.193. The van der Waals surface area contributed by atoms with Gasteiger partial charge >= 0.3 is 5.69 Å². The Hall–Kier alpha value is -3.88. The average Bonchev–Trinajstić information content (AvgIpc) is 3.58. The molecule has 0 bridgehead atoms. The number of nitrogens with zero attached hydrogens (tertiary/aromatic N) is 4. The first-order valence-electron chi connectivity index (χ1n) is 17.4. The number of nitrogens with two attached hydrogens (primary N) is 1. The largest absolute Gasteiger partial charge is 0.383 e. The molecule has 8 heteroatoms. The van der Waals surface area contributed by atoms with Crippen molar-refractivity contribution in [2.24, 2.45) is 0 Å². The maximum absolute atomic E-state index is 13.2. The average molecular weight is 681 g/mol. The van der Waals surface area contributed by atoms with Gasteiger partial charge in [0.05, 0.1) is 21.3 Å². The van der Waals surface area contributed by atoms with Crippen LogP contribution in [0.2, 0.25) is 0 Å². The molecule has 2 aliphatic rings. The van der Waals surface area contributed by atoms with Gasteiger partial charge in [-0.05, 0) is 95.2 Å². The van der Waals surface area contributed by atoms with Crippen molar-refractivity contribution >= 4 is 52.5 Å². The molecule has 3 heterocycles. The first kappa shape index (κ1) is 35.4. The maximum atomic E-state index is 13.2. The molecule has 48 heavy (non-hydrogen) atoms. The lowest BCUT2D eigenvalue weighted by Gasteiger charge is -2.27. The molecule has 2 aromatic heterocycles. The lowest BCUT2D eigenvalue weighted by Crippen LogP contribution is -2.41. The van der Waals surface area contributed by atoms with Crippen LogP contribution in [0, 0.1) is 6.92 Å². The first-order chi connectivity index (χ1) is 23.3. The van der Waals surface area contributed by atoms with E-state index in [-0.39, 0.29) is 11.5 Å². The zero-order valence-electron chi connectivity index (χ0n) is 29.3. The van der Waals surface area contributed by atoms with Crippen LogP contribution in [0.25, 0.3) is 17.8 Å². The number of thioether (sulfide) groups is 1. The fraction of sp³-hybridized carbons (Fsp3) is 0.375. The van der Waals surface area contributed by atoms with E-state index in [1.807, 2.05) is 23.1 Å². The standard InChI is InChI=1S/C40H49N5OS2/c1-7-15-28(4)44-33(17-9-3)30(6)47-37(44)24-13-20-31-18-12-19-32(39(31)43-27-26-36(41)42-40(43)46)21-14-25-38-45(29(5)16-8-2)34-22-10-11-23-35(34)48-38/h9-11,13-14,17,20-29H,7-8,12,15-16,18-19H2,1-6H3,(H-,41,42,46)/p+1/b17-9-. The number of aryl methyl sites for hydroxylation is 1. The summed E-state index contributed by atoms with van der Waals surface area (Å²) in [6.07, 6.45) is 26.5. The smallest absolute Gasteiger partial charge is 0.354 e. The normalized spacial score (nSPS) is 18.3. The number of aromatic nitrogens is 3. The minimum Gasteiger partial charge on any atom is -0.383 e. The van der Waals surface area contributed by atoms with Crippen LogP contribution in [-0.4, -0.2) is 15.6 Å². The maximum Gasteiger partial charge on any atom is 0.354 e. The summed E-state index contributed by atoms with van der Waals surface area (Å²) in [5.41, 5.74) is 11.3. The van der Waals surface area contributed by atoms with Crippen molar-refractivity contribution in [1.29, 1.82) is 0 Å². The lowest BCUT2D eigenvalue weighted by molar-refractivity contribution is -0.719. The Balaban J connectivity index is 1.54. The van der Waals surface area contributed by atoms with Crippen LogP contribution >= 0.6 is 23.1 Å². The van der Waals surface area contributed by atoms with Crippen LogP contribution in [0.3, 0.4) is 0 Å². The summed E-state index contributed by atoms with van der Waals surface area (Å²) in [7, 11) is 0. The van der Waals surface area contributed by atoms with Gasteiger partial charge in [-0.2, -0.15) is 9.55 Å². The monoisotopic (exact) mass is 680 g/mol. The molecule has 6 nitrogen and oxygen atoms in total. The molecular weight excluding hydrogens is 631 g/mol. The van der Waals surface area contributed by atoms with Crippen molar-refractivity contribution < 1.29 is 4.57 Å². The summed E-state index contributed by atoms with van der Waals surface area (Å²) in [5.74, 6) is 0.231. The second-order valence-corrected chi connectivity index (χ2v) is 14.9. The van der Waals surface area contributed by atoms with Gasteiger partial charge in [-0.1, -0.05) is 85.9 Å². The Kier molecular flexibility index (Phi) is 12.2. The lowest BCUT2D eigenvalue weighted by atomic mass is 9.90. The van der Waals surface area contributed by atoms with Gasteiger partial charge in [-0.3, -0.25) is 4.57 Å². The Bertz CT molecular complexity index is 1850. The van der Waals surface area contributed by atoms with Gasteiger partial charge < -0.3 is 10.6 Å². The number of hydrogen-bond donors (Lipinski definition) is 1. The first-order valence-corrected chi connectivity index (χ1v) is 19.0. The fourth-order valence-electron chi connectivity index (χ4n) is 6.78. The van der Waals surface area contributed by atoms with Gasteiger partial charge in [0.25, 0.3) is 5.01 Å². The highest BCUT2D eigenvalue weighted by molar-refractivity contribution is 8.03. The molecule has 0 amide bonds. The van der Waals surface area contributed by atoms with Crippen LogP contribution in [0.4, 0.5) is 11.5 Å². The van der Waals surface area contributed by atoms with Gasteiger partial charge in [-0.15, -0.1) is 0 Å². The van der Waals surface area contributed by atoms with Gasteiger partial charge in [-0.25, -0.2) is 4.79 Å². The van der Waals surface area contributed by atoms with Crippen LogP contribution in [0.5, 0.6) is 0 Å². The highest BCUT2D eigenvalue weighted by Crippen LogP contribution is 2.47. The van der Waals surface area contributed by atoms with E-state index in [4.69, 9.17) is 5.73 Å². The molecule has 1 aliphatic heterocycles. The summed E-state index contributed by atoms with van der Waals surface area (Å²) < 4.78 is 4.14. The Morgan fingerprint density at radius 1 is 1.02 bits per heavy atom. The topological polar surface area (TPSA) is 68.0 Å². The molecule has 1 aliphatic carbocycles. The Morgan fingerprint density at radius 3 is 2.54 bits per heavy atom. The molecular formula is C40H50N5OS2+. The molecule has 252 valence electrons. The summed E-state index contributed by atoms with van der Waals surface area (Å²) in [6.45, 7) is 13.4. The van der Waals surface area contributed by atoms with E-state index in [2.05, 4.69) is 129 Å². The van der Waals surface area contributed by atoms with E-state index >= 15 is 0 Å². The number of fused-ring (bicyclic) bond motifs is 1. The van der Waals surface area contributed by atoms with Crippen LogP contribution in [0.1, 0.15) is 101 Å². The fourth-order valence-corrected chi connectivity index (χ4v) is 9.06. The number of rotatable bonds is 12. The predicted molar refractivity (Wildman–Crippen MR) is 207 cm³/mol. The third-order valence-electron chi connectivity index (χ3n) is 8.95. The second kappa shape index (κ2) is 16.5. The van der Waals surface area contributed by atoms with Crippen molar-refractivity contribution in [2.75, 3.05) is 10.6 Å². The summed E-state index contributed by atoms with van der Waals surface area (Å²) >= 11 is 3.65. The molecule has 1 aromatic carbocycles. The van der Waals surface area contributed by atoms with Gasteiger partial charge in [0.2, 0.25) is 5.69 Å². The van der Waals surface area contributed by atoms with Crippen LogP contribution in [0.15, 0.2) is 98.9 Å². The van der Waals surface area contributed by atoms with E-state index in [0.29, 0.717) is 12.1 Å². The third-order valence-corrected chi connectivity index (χ3v) is 11.1. The van der Waals surface area contributed by atoms with Crippen molar-refractivity contribution in [2.45, 2.75) is 103 Å². The van der Waals surface area contributed by atoms with Gasteiger partial charge in [0, 0.05) is 35.7 Å². The molecule has 0 spiro atoms. The number of thiazole rings is 1. The molecule has 0 radical (unpaired) electrons. The van der Waals surface area contributed by atoms with Gasteiger partial charge in [0.1, 0.15) is 5.82 Å². The van der Waals surface area contributed by atoms with E-state index < -0.39 is 0 Å². The van der Waals surface area contributed by atoms with E-state index in [1.54, 1.807) is 16.8 Å². The predicted octanol–water partition coefficient (Wildman–Crippen LogP) is 10.1. The minimum absolute atomic E-state index is 0.231. The number of benzene rings is 1. The van der Waals surface area contributed by atoms with E-state index in [0.717, 1.165) is 61.8 Å². The molecule has 0 saturated heterocycles. The zero-order valence-corrected chi connectivity index (χ0v) is 30.9. The third kappa shape index (κ3) is 7.87. The summed E-state index contributed by atoms with van der Waals surface area (Å²) in [4.78, 5) is 22.4. The number of para-hydroxylation sites is 1. The number of nitrogen functional groups attached to an aromatic ring is 1. The van der Waals surface area contributed by atoms with E-state index in [1.165, 1.54) is 31.2 Å². The summed E-state index contributed by atoms with van der Waals surface area (Å²) in [5, 5.41) is 2.46. The van der Waals surface area contributed by atoms with Crippen molar-refractivity contribution in [1.82, 2.24) is 9.55 Å².